The average Bonchev–Trinajstić information content (AvgIpc) is 2.81. The highest BCUT2D eigenvalue weighted by Crippen LogP contribution is 2.29. The third-order valence-corrected chi connectivity index (χ3v) is 3.93. The number of carbonyl (C=O) groups excluding carboxylic acids is 1. The number of nitrogen functional groups attached to an aromatic ring is 1. The molecule has 1 aliphatic heterocycles. The summed E-state index contributed by atoms with van der Waals surface area (Å²) in [6.07, 6.45) is 5.05. The minimum atomic E-state index is -0.491. The van der Waals surface area contributed by atoms with Crippen molar-refractivity contribution in [2.24, 2.45) is 0 Å². The summed E-state index contributed by atoms with van der Waals surface area (Å²) < 4.78 is 7.46. The molecule has 0 aliphatic carbocycles. The van der Waals surface area contributed by atoms with Crippen molar-refractivity contribution in [3.05, 3.63) is 18.5 Å². The molecule has 124 valence electrons. The number of ether oxygens (including phenoxy) is 1. The number of rotatable bonds is 1. The number of amides is 1. The van der Waals surface area contributed by atoms with Crippen LogP contribution in [0.2, 0.25) is 0 Å². The van der Waals surface area contributed by atoms with Gasteiger partial charge in [0, 0.05) is 19.3 Å². The van der Waals surface area contributed by atoms with Gasteiger partial charge in [-0.25, -0.2) is 9.78 Å². The van der Waals surface area contributed by atoms with Crippen LogP contribution in [-0.2, 0) is 4.74 Å². The lowest BCUT2D eigenvalue weighted by molar-refractivity contribution is 0.0175. The van der Waals surface area contributed by atoms with Gasteiger partial charge in [-0.05, 0) is 39.7 Å². The molecule has 2 N–H and O–H groups in total. The maximum absolute atomic E-state index is 12.3. The average molecular weight is 317 g/mol. The molecule has 2 aromatic rings. The number of carbonyl (C=O) groups is 1. The smallest absolute Gasteiger partial charge is 0.410 e. The van der Waals surface area contributed by atoms with Gasteiger partial charge in [0.1, 0.15) is 5.60 Å². The normalized spacial score (nSPS) is 19.1. The molecule has 3 heterocycles. The Morgan fingerprint density at radius 2 is 2.22 bits per heavy atom. The molecule has 7 nitrogen and oxygen atoms in total. The number of hydrogen-bond donors (Lipinski definition) is 1. The van der Waals surface area contributed by atoms with Gasteiger partial charge in [0.25, 0.3) is 0 Å². The minimum absolute atomic E-state index is 0.0884. The van der Waals surface area contributed by atoms with Crippen molar-refractivity contribution in [3.63, 3.8) is 0 Å². The van der Waals surface area contributed by atoms with Crippen LogP contribution < -0.4 is 5.73 Å². The number of hydrogen-bond acceptors (Lipinski definition) is 5. The zero-order valence-corrected chi connectivity index (χ0v) is 13.8. The topological polar surface area (TPSA) is 86.3 Å². The number of fused-ring (bicyclic) bond motifs is 1. The van der Waals surface area contributed by atoms with Crippen LogP contribution in [0.4, 0.5) is 10.7 Å². The van der Waals surface area contributed by atoms with Gasteiger partial charge in [0.05, 0.1) is 23.3 Å². The molecule has 0 aromatic carbocycles. The van der Waals surface area contributed by atoms with Crippen molar-refractivity contribution in [3.8, 4) is 0 Å². The first-order valence-electron chi connectivity index (χ1n) is 7.90. The molecular formula is C16H23N5O2. The van der Waals surface area contributed by atoms with Gasteiger partial charge in [0.2, 0.25) is 5.95 Å². The van der Waals surface area contributed by atoms with Crippen LogP contribution in [0.3, 0.4) is 0 Å². The first-order valence-corrected chi connectivity index (χ1v) is 7.90. The monoisotopic (exact) mass is 317 g/mol. The van der Waals surface area contributed by atoms with Crippen LogP contribution in [0.1, 0.15) is 39.7 Å². The van der Waals surface area contributed by atoms with E-state index < -0.39 is 5.60 Å². The summed E-state index contributed by atoms with van der Waals surface area (Å²) in [4.78, 5) is 22.6. The number of anilines is 1. The van der Waals surface area contributed by atoms with Crippen molar-refractivity contribution in [1.82, 2.24) is 19.4 Å². The van der Waals surface area contributed by atoms with Gasteiger partial charge in [0.15, 0.2) is 0 Å². The zero-order chi connectivity index (χ0) is 16.6. The van der Waals surface area contributed by atoms with Crippen molar-refractivity contribution in [2.75, 3.05) is 18.8 Å². The van der Waals surface area contributed by atoms with E-state index in [0.29, 0.717) is 19.0 Å². The molecule has 1 saturated heterocycles. The van der Waals surface area contributed by atoms with Crippen molar-refractivity contribution < 1.29 is 9.53 Å². The number of likely N-dealkylation sites (tertiary alicyclic amines) is 1. The van der Waals surface area contributed by atoms with Crippen molar-refractivity contribution >= 4 is 23.1 Å². The third-order valence-electron chi connectivity index (χ3n) is 3.93. The predicted octanol–water partition coefficient (Wildman–Crippen LogP) is 2.59. The molecule has 0 spiro atoms. The lowest BCUT2D eigenvalue weighted by Crippen LogP contribution is -2.43. The fourth-order valence-electron chi connectivity index (χ4n) is 3.00. The fourth-order valence-corrected chi connectivity index (χ4v) is 3.00. The van der Waals surface area contributed by atoms with E-state index in [0.717, 1.165) is 23.9 Å². The highest BCUT2D eigenvalue weighted by molar-refractivity contribution is 5.77. The second-order valence-corrected chi connectivity index (χ2v) is 6.93. The van der Waals surface area contributed by atoms with Gasteiger partial charge in [-0.3, -0.25) is 4.98 Å². The second-order valence-electron chi connectivity index (χ2n) is 6.93. The van der Waals surface area contributed by atoms with Crippen LogP contribution in [0, 0.1) is 0 Å². The SMILES string of the molecule is CC(C)(C)OC(=O)N1CCCC(n2c(N)nc3ccncc32)C1. The maximum Gasteiger partial charge on any atom is 0.410 e. The summed E-state index contributed by atoms with van der Waals surface area (Å²) in [5.41, 5.74) is 7.34. The molecule has 23 heavy (non-hydrogen) atoms. The molecule has 1 fully saturated rings. The number of pyridine rings is 1. The number of imidazole rings is 1. The minimum Gasteiger partial charge on any atom is -0.444 e. The van der Waals surface area contributed by atoms with Crippen LogP contribution in [0.5, 0.6) is 0 Å². The molecule has 0 radical (unpaired) electrons. The highest BCUT2D eigenvalue weighted by Gasteiger charge is 2.30. The Bertz CT molecular complexity index is 719. The molecule has 1 unspecified atom stereocenters. The molecule has 1 atom stereocenters. The van der Waals surface area contributed by atoms with Gasteiger partial charge in [-0.1, -0.05) is 0 Å². The lowest BCUT2D eigenvalue weighted by atomic mass is 10.1. The van der Waals surface area contributed by atoms with Crippen molar-refractivity contribution in [1.29, 1.82) is 0 Å². The lowest BCUT2D eigenvalue weighted by Gasteiger charge is -2.35. The van der Waals surface area contributed by atoms with Gasteiger partial charge in [-0.2, -0.15) is 0 Å². The predicted molar refractivity (Wildman–Crippen MR) is 88.0 cm³/mol. The maximum atomic E-state index is 12.3. The molecule has 2 aromatic heterocycles. The summed E-state index contributed by atoms with van der Waals surface area (Å²) in [5.74, 6) is 0.462. The molecule has 0 bridgehead atoms. The summed E-state index contributed by atoms with van der Waals surface area (Å²) in [5, 5.41) is 0. The summed E-state index contributed by atoms with van der Waals surface area (Å²) in [6.45, 7) is 6.90. The number of nitrogens with two attached hydrogens (primary N) is 1. The molecule has 1 amide bonds. The largest absolute Gasteiger partial charge is 0.444 e. The van der Waals surface area contributed by atoms with E-state index in [9.17, 15) is 4.79 Å². The zero-order valence-electron chi connectivity index (χ0n) is 13.8. The van der Waals surface area contributed by atoms with E-state index in [1.54, 1.807) is 17.3 Å². The first-order chi connectivity index (χ1) is 10.8. The third kappa shape index (κ3) is 3.23. The summed E-state index contributed by atoms with van der Waals surface area (Å²) in [6, 6.07) is 1.93. The van der Waals surface area contributed by atoms with E-state index in [1.807, 2.05) is 31.4 Å². The Morgan fingerprint density at radius 1 is 1.43 bits per heavy atom. The summed E-state index contributed by atoms with van der Waals surface area (Å²) in [7, 11) is 0. The number of piperidine rings is 1. The van der Waals surface area contributed by atoms with E-state index in [2.05, 4.69) is 9.97 Å². The van der Waals surface area contributed by atoms with E-state index in [4.69, 9.17) is 10.5 Å². The second kappa shape index (κ2) is 5.72. The standard InChI is InChI=1S/C16H23N5O2/c1-16(2,3)23-15(22)20-8-4-5-11(10-20)21-13-9-18-7-6-12(13)19-14(21)17/h6-7,9,11H,4-5,8,10H2,1-3H3,(H2,17,19). The molecule has 0 saturated carbocycles. The van der Waals surface area contributed by atoms with Crippen molar-refractivity contribution in [2.45, 2.75) is 45.3 Å². The Kier molecular flexibility index (Phi) is 3.87. The van der Waals surface area contributed by atoms with E-state index >= 15 is 0 Å². The van der Waals surface area contributed by atoms with Gasteiger partial charge < -0.3 is 19.9 Å². The Labute approximate surface area is 135 Å². The summed E-state index contributed by atoms with van der Waals surface area (Å²) >= 11 is 0. The highest BCUT2D eigenvalue weighted by atomic mass is 16.6. The fraction of sp³-hybridized carbons (Fsp3) is 0.562. The van der Waals surface area contributed by atoms with Crippen LogP contribution in [0.25, 0.3) is 11.0 Å². The molecule has 3 rings (SSSR count). The van der Waals surface area contributed by atoms with E-state index in [-0.39, 0.29) is 12.1 Å². The Morgan fingerprint density at radius 3 is 2.96 bits per heavy atom. The van der Waals surface area contributed by atoms with Gasteiger partial charge >= 0.3 is 6.09 Å². The molecular weight excluding hydrogens is 294 g/mol. The quantitative estimate of drug-likeness (QED) is 0.873. The molecule has 1 aliphatic rings. The van der Waals surface area contributed by atoms with Crippen LogP contribution >= 0.6 is 0 Å². The van der Waals surface area contributed by atoms with Gasteiger partial charge in [-0.15, -0.1) is 0 Å². The Hall–Kier alpha value is -2.31. The number of aromatic nitrogens is 3. The first kappa shape index (κ1) is 15.6. The number of nitrogens with zero attached hydrogens (tertiary/aromatic N) is 4. The van der Waals surface area contributed by atoms with Crippen LogP contribution in [0.15, 0.2) is 18.5 Å². The van der Waals surface area contributed by atoms with E-state index in [1.165, 1.54) is 0 Å². The Balaban J connectivity index is 1.83. The van der Waals surface area contributed by atoms with Crippen LogP contribution in [-0.4, -0.2) is 44.2 Å². The molecule has 7 heteroatoms.